The first kappa shape index (κ1) is 12.8. The minimum atomic E-state index is 0.510. The van der Waals surface area contributed by atoms with E-state index in [1.165, 1.54) is 25.9 Å². The standard InChI is InChI=1S/C14H20N4S/c1-10-7-12-13(15-8-10)18(14(19)16-12)9-11(2)17-5-3-4-6-17/h7-8,11H,3-6,9H2,1-2H3,(H,16,19). The maximum absolute atomic E-state index is 5.44. The van der Waals surface area contributed by atoms with E-state index in [0.717, 1.165) is 28.0 Å². The third-order valence-electron chi connectivity index (χ3n) is 3.96. The van der Waals surface area contributed by atoms with Crippen LogP contribution in [0.5, 0.6) is 0 Å². The molecule has 1 N–H and O–H groups in total. The summed E-state index contributed by atoms with van der Waals surface area (Å²) in [5.74, 6) is 0. The third kappa shape index (κ3) is 2.44. The van der Waals surface area contributed by atoms with Gasteiger partial charge in [0.25, 0.3) is 0 Å². The van der Waals surface area contributed by atoms with Gasteiger partial charge in [-0.05, 0) is 63.6 Å². The summed E-state index contributed by atoms with van der Waals surface area (Å²) in [5, 5.41) is 0. The van der Waals surface area contributed by atoms with E-state index in [2.05, 4.69) is 32.4 Å². The Balaban J connectivity index is 1.91. The Morgan fingerprint density at radius 3 is 2.89 bits per heavy atom. The lowest BCUT2D eigenvalue weighted by atomic mass is 10.3. The van der Waals surface area contributed by atoms with Crippen LogP contribution < -0.4 is 0 Å². The largest absolute Gasteiger partial charge is 0.329 e. The number of H-pyrrole nitrogens is 1. The smallest absolute Gasteiger partial charge is 0.179 e. The second kappa shape index (κ2) is 5.06. The number of likely N-dealkylation sites (tertiary alicyclic amines) is 1. The SMILES string of the molecule is Cc1cnc2c(c1)[nH]c(=S)n2CC(C)N1CCCC1. The fourth-order valence-corrected chi connectivity index (χ4v) is 3.15. The zero-order valence-electron chi connectivity index (χ0n) is 11.5. The van der Waals surface area contributed by atoms with Gasteiger partial charge < -0.3 is 4.98 Å². The summed E-state index contributed by atoms with van der Waals surface area (Å²) in [6.45, 7) is 7.66. The highest BCUT2D eigenvalue weighted by Gasteiger charge is 2.19. The molecule has 1 aliphatic heterocycles. The van der Waals surface area contributed by atoms with E-state index in [0.29, 0.717) is 6.04 Å². The summed E-state index contributed by atoms with van der Waals surface area (Å²) in [6, 6.07) is 2.62. The molecule has 3 rings (SSSR count). The average Bonchev–Trinajstić information content (AvgIpc) is 2.98. The first-order valence-electron chi connectivity index (χ1n) is 6.94. The van der Waals surface area contributed by atoms with E-state index >= 15 is 0 Å². The molecule has 1 atom stereocenters. The van der Waals surface area contributed by atoms with Gasteiger partial charge in [0.1, 0.15) is 0 Å². The molecule has 0 aliphatic carbocycles. The topological polar surface area (TPSA) is 36.9 Å². The van der Waals surface area contributed by atoms with Crippen LogP contribution in [0.15, 0.2) is 12.3 Å². The maximum atomic E-state index is 5.44. The molecule has 3 heterocycles. The van der Waals surface area contributed by atoms with Crippen molar-refractivity contribution in [3.8, 4) is 0 Å². The Labute approximate surface area is 118 Å². The Morgan fingerprint density at radius 2 is 2.16 bits per heavy atom. The van der Waals surface area contributed by atoms with Crippen LogP contribution in [0, 0.1) is 11.7 Å². The number of hydrogen-bond acceptors (Lipinski definition) is 3. The quantitative estimate of drug-likeness (QED) is 0.876. The molecule has 4 nitrogen and oxygen atoms in total. The van der Waals surface area contributed by atoms with Crippen molar-refractivity contribution in [2.24, 2.45) is 0 Å². The highest BCUT2D eigenvalue weighted by atomic mass is 32.1. The number of aryl methyl sites for hydroxylation is 1. The fraction of sp³-hybridized carbons (Fsp3) is 0.571. The van der Waals surface area contributed by atoms with Gasteiger partial charge in [-0.25, -0.2) is 4.98 Å². The highest BCUT2D eigenvalue weighted by Crippen LogP contribution is 2.17. The molecule has 2 aromatic rings. The molecule has 1 unspecified atom stereocenters. The van der Waals surface area contributed by atoms with Gasteiger partial charge >= 0.3 is 0 Å². The predicted octanol–water partition coefficient (Wildman–Crippen LogP) is 2.89. The van der Waals surface area contributed by atoms with Crippen molar-refractivity contribution in [2.75, 3.05) is 13.1 Å². The summed E-state index contributed by atoms with van der Waals surface area (Å²) >= 11 is 5.44. The number of rotatable bonds is 3. The molecule has 1 fully saturated rings. The highest BCUT2D eigenvalue weighted by molar-refractivity contribution is 7.71. The van der Waals surface area contributed by atoms with Crippen molar-refractivity contribution in [3.05, 3.63) is 22.6 Å². The van der Waals surface area contributed by atoms with Crippen LogP contribution in [-0.2, 0) is 6.54 Å². The number of imidazole rings is 1. The van der Waals surface area contributed by atoms with Crippen LogP contribution in [0.25, 0.3) is 11.2 Å². The van der Waals surface area contributed by atoms with Crippen molar-refractivity contribution in [3.63, 3.8) is 0 Å². The molecule has 5 heteroatoms. The van der Waals surface area contributed by atoms with Gasteiger partial charge in [0.05, 0.1) is 5.52 Å². The zero-order chi connectivity index (χ0) is 13.4. The van der Waals surface area contributed by atoms with Crippen molar-refractivity contribution in [1.29, 1.82) is 0 Å². The van der Waals surface area contributed by atoms with Crippen LogP contribution in [-0.4, -0.2) is 38.6 Å². The Bertz CT molecular complexity index is 636. The summed E-state index contributed by atoms with van der Waals surface area (Å²) < 4.78 is 2.91. The summed E-state index contributed by atoms with van der Waals surface area (Å²) in [7, 11) is 0. The normalized spacial score (nSPS) is 18.2. The van der Waals surface area contributed by atoms with Gasteiger partial charge in [0, 0.05) is 18.8 Å². The van der Waals surface area contributed by atoms with Crippen LogP contribution >= 0.6 is 12.2 Å². The molecule has 0 amide bonds. The van der Waals surface area contributed by atoms with Gasteiger partial charge in [0.15, 0.2) is 10.4 Å². The molecule has 1 saturated heterocycles. The second-order valence-corrected chi connectivity index (χ2v) is 5.90. The second-order valence-electron chi connectivity index (χ2n) is 5.52. The Kier molecular flexibility index (Phi) is 3.41. The lowest BCUT2D eigenvalue weighted by Crippen LogP contribution is -2.33. The molecule has 2 aromatic heterocycles. The number of aromatic nitrogens is 3. The molecular weight excluding hydrogens is 256 g/mol. The molecule has 0 spiro atoms. The molecule has 0 bridgehead atoms. The monoisotopic (exact) mass is 276 g/mol. The number of nitrogens with zero attached hydrogens (tertiary/aromatic N) is 3. The minimum Gasteiger partial charge on any atom is -0.329 e. The number of pyridine rings is 1. The van der Waals surface area contributed by atoms with Crippen molar-refractivity contribution >= 4 is 23.4 Å². The zero-order valence-corrected chi connectivity index (χ0v) is 12.3. The fourth-order valence-electron chi connectivity index (χ4n) is 2.88. The minimum absolute atomic E-state index is 0.510. The van der Waals surface area contributed by atoms with E-state index in [-0.39, 0.29) is 0 Å². The average molecular weight is 276 g/mol. The first-order valence-corrected chi connectivity index (χ1v) is 7.35. The van der Waals surface area contributed by atoms with E-state index in [1.807, 2.05) is 13.1 Å². The van der Waals surface area contributed by atoms with Crippen molar-refractivity contribution in [2.45, 2.75) is 39.3 Å². The van der Waals surface area contributed by atoms with Gasteiger partial charge in [-0.3, -0.25) is 9.47 Å². The summed E-state index contributed by atoms with van der Waals surface area (Å²) in [6.07, 6.45) is 4.55. The van der Waals surface area contributed by atoms with E-state index < -0.39 is 0 Å². The predicted molar refractivity (Wildman–Crippen MR) is 79.9 cm³/mol. The van der Waals surface area contributed by atoms with Crippen LogP contribution in [0.1, 0.15) is 25.3 Å². The maximum Gasteiger partial charge on any atom is 0.179 e. The molecule has 0 radical (unpaired) electrons. The number of hydrogen-bond donors (Lipinski definition) is 1. The summed E-state index contributed by atoms with van der Waals surface area (Å²) in [4.78, 5) is 10.3. The third-order valence-corrected chi connectivity index (χ3v) is 4.28. The Morgan fingerprint density at radius 1 is 1.42 bits per heavy atom. The van der Waals surface area contributed by atoms with Crippen molar-refractivity contribution in [1.82, 2.24) is 19.4 Å². The molecule has 19 heavy (non-hydrogen) atoms. The lowest BCUT2D eigenvalue weighted by molar-refractivity contribution is 0.236. The van der Waals surface area contributed by atoms with Crippen LogP contribution in [0.2, 0.25) is 0 Å². The first-order chi connectivity index (χ1) is 9.15. The number of aromatic amines is 1. The molecule has 0 saturated carbocycles. The Hall–Kier alpha value is -1.20. The van der Waals surface area contributed by atoms with Crippen LogP contribution in [0.4, 0.5) is 0 Å². The number of nitrogens with one attached hydrogen (secondary N) is 1. The van der Waals surface area contributed by atoms with Gasteiger partial charge in [-0.1, -0.05) is 0 Å². The van der Waals surface area contributed by atoms with Gasteiger partial charge in [-0.2, -0.15) is 0 Å². The van der Waals surface area contributed by atoms with Crippen molar-refractivity contribution < 1.29 is 0 Å². The molecular formula is C14H20N4S. The summed E-state index contributed by atoms with van der Waals surface area (Å²) in [5.41, 5.74) is 3.17. The van der Waals surface area contributed by atoms with E-state index in [4.69, 9.17) is 12.2 Å². The molecule has 0 aromatic carbocycles. The number of fused-ring (bicyclic) bond motifs is 1. The lowest BCUT2D eigenvalue weighted by Gasteiger charge is -2.24. The van der Waals surface area contributed by atoms with E-state index in [1.54, 1.807) is 0 Å². The van der Waals surface area contributed by atoms with Gasteiger partial charge in [-0.15, -0.1) is 0 Å². The molecule has 1 aliphatic rings. The van der Waals surface area contributed by atoms with E-state index in [9.17, 15) is 0 Å². The van der Waals surface area contributed by atoms with Gasteiger partial charge in [0.2, 0.25) is 0 Å². The molecule has 102 valence electrons. The van der Waals surface area contributed by atoms with Crippen LogP contribution in [0.3, 0.4) is 0 Å².